The number of nitrogens with one attached hydrogen (secondary N) is 3. The summed E-state index contributed by atoms with van der Waals surface area (Å²) < 4.78 is 38.2. The molecule has 4 N–H and O–H groups in total. The summed E-state index contributed by atoms with van der Waals surface area (Å²) in [5.41, 5.74) is 1.55. The number of alkyl carbamates (subject to hydrolysis) is 1. The maximum atomic E-state index is 13.4. The molecule has 1 unspecified atom stereocenters. The number of anilines is 2. The lowest BCUT2D eigenvalue weighted by Crippen LogP contribution is -2.50. The van der Waals surface area contributed by atoms with Crippen LogP contribution in [0.3, 0.4) is 0 Å². The number of hydrogen-bond donors (Lipinski definition) is 4. The van der Waals surface area contributed by atoms with Crippen LogP contribution in [0, 0.1) is 0 Å². The van der Waals surface area contributed by atoms with Crippen molar-refractivity contribution in [1.82, 2.24) is 15.5 Å². The van der Waals surface area contributed by atoms with Gasteiger partial charge in [-0.25, -0.2) is 4.79 Å². The average molecular weight is 516 g/mol. The molecule has 0 saturated heterocycles. The zero-order chi connectivity index (χ0) is 26.5. The van der Waals surface area contributed by atoms with Crippen LogP contribution in [0.4, 0.5) is 16.3 Å². The molecule has 1 heterocycles. The van der Waals surface area contributed by atoms with E-state index >= 15 is 0 Å². The predicted molar refractivity (Wildman–Crippen MR) is 136 cm³/mol. The van der Waals surface area contributed by atoms with Crippen LogP contribution in [0.5, 0.6) is 0 Å². The number of H-pyrrole nitrogens is 1. The minimum atomic E-state index is -4.41. The summed E-state index contributed by atoms with van der Waals surface area (Å²) in [6, 6.07) is 16.2. The Morgan fingerprint density at radius 1 is 1.11 bits per heavy atom. The lowest BCUT2D eigenvalue weighted by molar-refractivity contribution is -0.120. The molecule has 12 heteroatoms. The molecule has 0 spiro atoms. The van der Waals surface area contributed by atoms with Crippen molar-refractivity contribution >= 4 is 33.8 Å². The van der Waals surface area contributed by atoms with Gasteiger partial charge in [-0.15, -0.1) is 0 Å². The Bertz CT molecular complexity index is 1300. The molecule has 1 aromatic heterocycles. The molecule has 192 valence electrons. The maximum absolute atomic E-state index is 13.4. The fourth-order valence-corrected chi connectivity index (χ4v) is 3.77. The van der Waals surface area contributed by atoms with Gasteiger partial charge in [-0.1, -0.05) is 42.5 Å². The molecule has 3 aromatic rings. The Morgan fingerprint density at radius 2 is 1.75 bits per heavy atom. The number of ether oxygens (including phenoxy) is 1. The molecule has 11 nitrogen and oxygen atoms in total. The second kappa shape index (κ2) is 10.8. The molecule has 0 fully saturated rings. The predicted octanol–water partition coefficient (Wildman–Crippen LogP) is 3.39. The Kier molecular flexibility index (Phi) is 8.00. The molecule has 0 radical (unpaired) electrons. The Balaban J connectivity index is 1.81. The van der Waals surface area contributed by atoms with E-state index in [4.69, 9.17) is 9.29 Å². The van der Waals surface area contributed by atoms with E-state index in [1.807, 2.05) is 35.1 Å². The van der Waals surface area contributed by atoms with Gasteiger partial charge in [0.25, 0.3) is 5.91 Å². The highest BCUT2D eigenvalue weighted by atomic mass is 32.2. The first-order valence-electron chi connectivity index (χ1n) is 11.0. The van der Waals surface area contributed by atoms with Gasteiger partial charge in [0.1, 0.15) is 17.5 Å². The first kappa shape index (κ1) is 26.7. The quantitative estimate of drug-likeness (QED) is 0.335. The van der Waals surface area contributed by atoms with Gasteiger partial charge in [-0.05, 0) is 38.5 Å². The van der Waals surface area contributed by atoms with Gasteiger partial charge >= 0.3 is 16.4 Å². The summed E-state index contributed by atoms with van der Waals surface area (Å²) >= 11 is 0. The molecule has 2 amide bonds. The summed E-state index contributed by atoms with van der Waals surface area (Å²) in [6.45, 7) is 5.14. The number of benzene rings is 2. The second-order valence-corrected chi connectivity index (χ2v) is 10.2. The number of carbonyl (C=O) groups excluding carboxylic acids is 2. The standard InChI is InChI=1S/C24H29N5O6S/c1-24(2,3)35-23(31)25-20(14-16-10-12-18(13-11-16)28-36(32,33)34)22(30)29(4)21-15-19(26-27-21)17-8-6-5-7-9-17/h5-13,15,20,28H,14H2,1-4H3,(H,25,31)(H,26,27)(H,32,33,34). The molecule has 0 bridgehead atoms. The third kappa shape index (κ3) is 7.82. The van der Waals surface area contributed by atoms with E-state index in [2.05, 4.69) is 15.5 Å². The highest BCUT2D eigenvalue weighted by Gasteiger charge is 2.28. The van der Waals surface area contributed by atoms with E-state index in [0.717, 1.165) is 5.56 Å². The number of hydrogen-bond acceptors (Lipinski definition) is 6. The zero-order valence-corrected chi connectivity index (χ0v) is 21.2. The summed E-state index contributed by atoms with van der Waals surface area (Å²) in [4.78, 5) is 27.3. The minimum absolute atomic E-state index is 0.0915. The lowest BCUT2D eigenvalue weighted by Gasteiger charge is -2.26. The first-order chi connectivity index (χ1) is 16.8. The van der Waals surface area contributed by atoms with Crippen molar-refractivity contribution in [3.63, 3.8) is 0 Å². The van der Waals surface area contributed by atoms with Crippen molar-refractivity contribution in [3.8, 4) is 11.3 Å². The zero-order valence-electron chi connectivity index (χ0n) is 20.3. The van der Waals surface area contributed by atoms with Crippen LogP contribution in [-0.2, 0) is 26.3 Å². The van der Waals surface area contributed by atoms with Gasteiger partial charge < -0.3 is 10.1 Å². The lowest BCUT2D eigenvalue weighted by atomic mass is 10.0. The van der Waals surface area contributed by atoms with E-state index in [0.29, 0.717) is 17.1 Å². The van der Waals surface area contributed by atoms with Crippen LogP contribution in [0.2, 0.25) is 0 Å². The van der Waals surface area contributed by atoms with E-state index < -0.39 is 33.9 Å². The third-order valence-corrected chi connectivity index (χ3v) is 5.45. The molecule has 36 heavy (non-hydrogen) atoms. The number of amides is 2. The molecular weight excluding hydrogens is 486 g/mol. The summed E-state index contributed by atoms with van der Waals surface area (Å²) in [7, 11) is -2.85. The van der Waals surface area contributed by atoms with Gasteiger partial charge in [0.05, 0.1) is 11.4 Å². The summed E-state index contributed by atoms with van der Waals surface area (Å²) in [5, 5.41) is 9.75. The second-order valence-electron chi connectivity index (χ2n) is 9.08. The van der Waals surface area contributed by atoms with Gasteiger partial charge in [0.2, 0.25) is 0 Å². The van der Waals surface area contributed by atoms with Crippen LogP contribution in [-0.4, -0.2) is 53.9 Å². The van der Waals surface area contributed by atoms with Crippen molar-refractivity contribution in [2.24, 2.45) is 0 Å². The first-order valence-corrected chi connectivity index (χ1v) is 12.5. The highest BCUT2D eigenvalue weighted by Crippen LogP contribution is 2.22. The Morgan fingerprint density at radius 3 is 2.33 bits per heavy atom. The number of likely N-dealkylation sites (N-methyl/N-ethyl adjacent to an activating group) is 1. The smallest absolute Gasteiger partial charge is 0.408 e. The van der Waals surface area contributed by atoms with Crippen LogP contribution in [0.25, 0.3) is 11.3 Å². The highest BCUT2D eigenvalue weighted by molar-refractivity contribution is 7.87. The molecule has 1 atom stereocenters. The number of nitrogens with zero attached hydrogens (tertiary/aromatic N) is 2. The van der Waals surface area contributed by atoms with Crippen molar-refractivity contribution < 1.29 is 27.3 Å². The van der Waals surface area contributed by atoms with Gasteiger partial charge in [0.15, 0.2) is 0 Å². The molecule has 0 aliphatic heterocycles. The largest absolute Gasteiger partial charge is 0.444 e. The number of aromatic nitrogens is 2. The van der Waals surface area contributed by atoms with Crippen molar-refractivity contribution in [3.05, 3.63) is 66.2 Å². The van der Waals surface area contributed by atoms with Crippen molar-refractivity contribution in [2.45, 2.75) is 38.8 Å². The Hall–Kier alpha value is -3.90. The monoisotopic (exact) mass is 515 g/mol. The summed E-state index contributed by atoms with van der Waals surface area (Å²) in [6.07, 6.45) is -0.665. The normalized spacial score (nSPS) is 12.5. The van der Waals surface area contributed by atoms with Crippen LogP contribution >= 0.6 is 0 Å². The average Bonchev–Trinajstić information content (AvgIpc) is 3.27. The molecule has 0 saturated carbocycles. The topological polar surface area (TPSA) is 154 Å². The molecular formula is C24H29N5O6S. The van der Waals surface area contributed by atoms with Gasteiger partial charge in [-0.3, -0.25) is 24.1 Å². The molecule has 3 rings (SSSR count). The van der Waals surface area contributed by atoms with E-state index in [1.54, 1.807) is 46.0 Å². The number of rotatable bonds is 8. The van der Waals surface area contributed by atoms with E-state index in [9.17, 15) is 18.0 Å². The van der Waals surface area contributed by atoms with Crippen molar-refractivity contribution in [2.75, 3.05) is 16.7 Å². The van der Waals surface area contributed by atoms with Crippen LogP contribution in [0.1, 0.15) is 26.3 Å². The van der Waals surface area contributed by atoms with Gasteiger partial charge in [-0.2, -0.15) is 13.5 Å². The summed E-state index contributed by atoms with van der Waals surface area (Å²) in [5.74, 6) is 0.00630. The molecule has 0 aliphatic carbocycles. The number of aromatic amines is 1. The van der Waals surface area contributed by atoms with E-state index in [-0.39, 0.29) is 12.1 Å². The fourth-order valence-electron chi connectivity index (χ4n) is 3.34. The van der Waals surface area contributed by atoms with E-state index in [1.165, 1.54) is 17.0 Å². The van der Waals surface area contributed by atoms with Crippen LogP contribution in [0.15, 0.2) is 60.7 Å². The minimum Gasteiger partial charge on any atom is -0.444 e. The number of carbonyl (C=O) groups is 2. The van der Waals surface area contributed by atoms with Crippen molar-refractivity contribution in [1.29, 1.82) is 0 Å². The molecule has 0 aliphatic rings. The Labute approximate surface area is 209 Å². The maximum Gasteiger partial charge on any atom is 0.408 e. The van der Waals surface area contributed by atoms with Crippen LogP contribution < -0.4 is 14.9 Å². The van der Waals surface area contributed by atoms with Gasteiger partial charge in [0, 0.05) is 25.1 Å². The SMILES string of the molecule is CN(C(=O)C(Cc1ccc(NS(=O)(=O)O)cc1)NC(=O)OC(C)(C)C)c1cc(-c2ccccc2)n[nH]1. The third-order valence-electron chi connectivity index (χ3n) is 4.96. The molecule has 2 aromatic carbocycles. The fraction of sp³-hybridized carbons (Fsp3) is 0.292.